The normalized spacial score (nSPS) is 11.3. The zero-order valence-corrected chi connectivity index (χ0v) is 9.06. The lowest BCUT2D eigenvalue weighted by Crippen LogP contribution is -2.15. The molecular formula is C9H14N2O2S. The van der Waals surface area contributed by atoms with Gasteiger partial charge in [0.15, 0.2) is 0 Å². The minimum atomic E-state index is -3.22. The Balaban J connectivity index is 3.05. The van der Waals surface area contributed by atoms with Crippen molar-refractivity contribution in [3.8, 4) is 0 Å². The van der Waals surface area contributed by atoms with Gasteiger partial charge in [-0.1, -0.05) is 6.07 Å². The van der Waals surface area contributed by atoms with Gasteiger partial charge in [-0.25, -0.2) is 8.42 Å². The minimum absolute atomic E-state index is 0.0568. The molecule has 0 bridgehead atoms. The summed E-state index contributed by atoms with van der Waals surface area (Å²) in [4.78, 5) is 0. The molecule has 4 nitrogen and oxygen atoms in total. The van der Waals surface area contributed by atoms with Gasteiger partial charge in [0, 0.05) is 5.69 Å². The largest absolute Gasteiger partial charge is 0.398 e. The predicted molar refractivity (Wildman–Crippen MR) is 58.7 cm³/mol. The quantitative estimate of drug-likeness (QED) is 0.746. The Labute approximate surface area is 84.2 Å². The number of nitrogens with two attached hydrogens (primary N) is 1. The van der Waals surface area contributed by atoms with Gasteiger partial charge in [-0.15, -0.1) is 0 Å². The molecule has 0 aliphatic carbocycles. The monoisotopic (exact) mass is 214 g/mol. The summed E-state index contributed by atoms with van der Waals surface area (Å²) in [7, 11) is -3.22. The molecule has 3 N–H and O–H groups in total. The van der Waals surface area contributed by atoms with Crippen molar-refractivity contribution in [3.05, 3.63) is 23.8 Å². The highest BCUT2D eigenvalue weighted by atomic mass is 32.2. The van der Waals surface area contributed by atoms with E-state index in [1.54, 1.807) is 32.0 Å². The van der Waals surface area contributed by atoms with Gasteiger partial charge in [0.25, 0.3) is 0 Å². The van der Waals surface area contributed by atoms with Crippen molar-refractivity contribution < 1.29 is 8.42 Å². The lowest BCUT2D eigenvalue weighted by atomic mass is 10.2. The Morgan fingerprint density at radius 1 is 1.43 bits per heavy atom. The molecule has 0 unspecified atom stereocenters. The highest BCUT2D eigenvalue weighted by molar-refractivity contribution is 7.92. The van der Waals surface area contributed by atoms with Crippen LogP contribution in [0.1, 0.15) is 12.5 Å². The third-order valence-corrected chi connectivity index (χ3v) is 3.31. The average molecular weight is 214 g/mol. The highest BCUT2D eigenvalue weighted by Gasteiger charge is 2.09. The Hall–Kier alpha value is -1.23. The van der Waals surface area contributed by atoms with E-state index in [2.05, 4.69) is 4.72 Å². The summed E-state index contributed by atoms with van der Waals surface area (Å²) in [6, 6.07) is 5.15. The molecule has 0 aromatic heterocycles. The number of benzene rings is 1. The van der Waals surface area contributed by atoms with Crippen LogP contribution in [0, 0.1) is 6.92 Å². The molecule has 78 valence electrons. The molecule has 0 amide bonds. The Kier molecular flexibility index (Phi) is 3.00. The molecule has 0 heterocycles. The van der Waals surface area contributed by atoms with E-state index in [0.717, 1.165) is 5.56 Å². The van der Waals surface area contributed by atoms with Crippen LogP contribution in [0.2, 0.25) is 0 Å². The molecule has 5 heteroatoms. The van der Waals surface area contributed by atoms with Crippen molar-refractivity contribution in [3.63, 3.8) is 0 Å². The van der Waals surface area contributed by atoms with E-state index < -0.39 is 10.0 Å². The Morgan fingerprint density at radius 2 is 2.07 bits per heavy atom. The van der Waals surface area contributed by atoms with Crippen LogP contribution in [-0.4, -0.2) is 14.2 Å². The summed E-state index contributed by atoms with van der Waals surface area (Å²) in [5.41, 5.74) is 7.53. The van der Waals surface area contributed by atoms with Crippen molar-refractivity contribution in [1.82, 2.24) is 0 Å². The van der Waals surface area contributed by atoms with Gasteiger partial charge in [-0.05, 0) is 31.5 Å². The highest BCUT2D eigenvalue weighted by Crippen LogP contribution is 2.21. The summed E-state index contributed by atoms with van der Waals surface area (Å²) in [5, 5.41) is 0. The summed E-state index contributed by atoms with van der Waals surface area (Å²) >= 11 is 0. The molecule has 0 radical (unpaired) electrons. The lowest BCUT2D eigenvalue weighted by Gasteiger charge is -2.10. The van der Waals surface area contributed by atoms with Crippen LogP contribution in [-0.2, 0) is 10.0 Å². The van der Waals surface area contributed by atoms with Crippen molar-refractivity contribution >= 4 is 21.4 Å². The zero-order chi connectivity index (χ0) is 10.8. The first-order chi connectivity index (χ1) is 6.46. The smallest absolute Gasteiger partial charge is 0.232 e. The molecule has 1 aromatic rings. The number of hydrogen-bond donors (Lipinski definition) is 2. The van der Waals surface area contributed by atoms with Gasteiger partial charge in [-0.3, -0.25) is 4.72 Å². The van der Waals surface area contributed by atoms with Crippen LogP contribution in [0.4, 0.5) is 11.4 Å². The molecule has 0 spiro atoms. The molecular weight excluding hydrogens is 200 g/mol. The number of rotatable bonds is 3. The standard InChI is InChI=1S/C9H14N2O2S/c1-3-14(12,13)11-9-6-4-5-8(10)7(9)2/h4-6,11H,3,10H2,1-2H3. The van der Waals surface area contributed by atoms with Gasteiger partial charge in [-0.2, -0.15) is 0 Å². The van der Waals surface area contributed by atoms with Crippen LogP contribution in [0.25, 0.3) is 0 Å². The van der Waals surface area contributed by atoms with E-state index in [1.165, 1.54) is 0 Å². The topological polar surface area (TPSA) is 72.2 Å². The molecule has 0 saturated heterocycles. The second kappa shape index (κ2) is 3.88. The number of nitrogen functional groups attached to an aromatic ring is 1. The fourth-order valence-corrected chi connectivity index (χ4v) is 1.70. The number of anilines is 2. The number of sulfonamides is 1. The summed E-state index contributed by atoms with van der Waals surface area (Å²) in [6.07, 6.45) is 0. The van der Waals surface area contributed by atoms with Gasteiger partial charge >= 0.3 is 0 Å². The summed E-state index contributed by atoms with van der Waals surface area (Å²) < 4.78 is 25.0. The minimum Gasteiger partial charge on any atom is -0.398 e. The number of nitrogens with one attached hydrogen (secondary N) is 1. The molecule has 0 fully saturated rings. The van der Waals surface area contributed by atoms with E-state index in [4.69, 9.17) is 5.73 Å². The van der Waals surface area contributed by atoms with Crippen molar-refractivity contribution in [2.75, 3.05) is 16.2 Å². The van der Waals surface area contributed by atoms with Crippen LogP contribution < -0.4 is 10.5 Å². The van der Waals surface area contributed by atoms with E-state index in [0.29, 0.717) is 11.4 Å². The fraction of sp³-hybridized carbons (Fsp3) is 0.333. The number of hydrogen-bond acceptors (Lipinski definition) is 3. The van der Waals surface area contributed by atoms with E-state index >= 15 is 0 Å². The summed E-state index contributed by atoms with van der Waals surface area (Å²) in [6.45, 7) is 3.37. The van der Waals surface area contributed by atoms with E-state index in [9.17, 15) is 8.42 Å². The fourth-order valence-electron chi connectivity index (χ4n) is 1.00. The second-order valence-corrected chi connectivity index (χ2v) is 5.04. The van der Waals surface area contributed by atoms with Gasteiger partial charge < -0.3 is 5.73 Å². The third-order valence-electron chi connectivity index (χ3n) is 2.02. The first-order valence-electron chi connectivity index (χ1n) is 4.32. The molecule has 0 aliphatic heterocycles. The van der Waals surface area contributed by atoms with Crippen LogP contribution in [0.5, 0.6) is 0 Å². The third kappa shape index (κ3) is 2.38. The van der Waals surface area contributed by atoms with Crippen molar-refractivity contribution in [2.24, 2.45) is 0 Å². The zero-order valence-electron chi connectivity index (χ0n) is 8.24. The molecule has 0 atom stereocenters. The Bertz CT molecular complexity index is 426. The van der Waals surface area contributed by atoms with Crippen molar-refractivity contribution in [1.29, 1.82) is 0 Å². The second-order valence-electron chi connectivity index (χ2n) is 3.03. The van der Waals surface area contributed by atoms with Gasteiger partial charge in [0.1, 0.15) is 0 Å². The van der Waals surface area contributed by atoms with Crippen LogP contribution in [0.15, 0.2) is 18.2 Å². The van der Waals surface area contributed by atoms with Crippen molar-refractivity contribution in [2.45, 2.75) is 13.8 Å². The molecule has 0 aliphatic rings. The maximum Gasteiger partial charge on any atom is 0.232 e. The SMILES string of the molecule is CCS(=O)(=O)Nc1cccc(N)c1C. The first-order valence-corrected chi connectivity index (χ1v) is 5.97. The maximum absolute atomic E-state index is 11.3. The molecule has 0 saturated carbocycles. The molecule has 1 rings (SSSR count). The van der Waals surface area contributed by atoms with E-state index in [-0.39, 0.29) is 5.75 Å². The summed E-state index contributed by atoms with van der Waals surface area (Å²) in [5.74, 6) is 0.0568. The van der Waals surface area contributed by atoms with Gasteiger partial charge in [0.05, 0.1) is 11.4 Å². The first kappa shape index (κ1) is 10.8. The molecule has 1 aromatic carbocycles. The van der Waals surface area contributed by atoms with Crippen LogP contribution in [0.3, 0.4) is 0 Å². The lowest BCUT2D eigenvalue weighted by molar-refractivity contribution is 0.602. The van der Waals surface area contributed by atoms with Crippen LogP contribution >= 0.6 is 0 Å². The molecule has 14 heavy (non-hydrogen) atoms. The Morgan fingerprint density at radius 3 is 2.64 bits per heavy atom. The van der Waals surface area contributed by atoms with Gasteiger partial charge in [0.2, 0.25) is 10.0 Å². The predicted octanol–water partition coefficient (Wildman–Crippen LogP) is 1.34. The maximum atomic E-state index is 11.3. The van der Waals surface area contributed by atoms with E-state index in [1.807, 2.05) is 0 Å². The average Bonchev–Trinajstić information content (AvgIpc) is 2.13.